The molecule has 0 atom stereocenters. The molecule has 0 aromatic heterocycles. The molecule has 60 valence electrons. The van der Waals surface area contributed by atoms with Gasteiger partial charge in [-0.2, -0.15) is 0 Å². The first kappa shape index (κ1) is 9.70. The average molecular weight is 354 g/mol. The van der Waals surface area contributed by atoms with E-state index in [0.29, 0.717) is 0 Å². The van der Waals surface area contributed by atoms with Gasteiger partial charge in [0.2, 0.25) is 0 Å². The van der Waals surface area contributed by atoms with Gasteiger partial charge in [0.15, 0.2) is 0 Å². The molecule has 0 aliphatic rings. The number of carbonyl (C=O) groups excluding carboxylic acids is 1. The zero-order valence-electron chi connectivity index (χ0n) is 7.13. The third kappa shape index (κ3) is 1.85. The molecule has 0 amide bonds. The van der Waals surface area contributed by atoms with Crippen LogP contribution in [0.5, 0.6) is 0 Å². The van der Waals surface area contributed by atoms with Crippen molar-refractivity contribution in [3.8, 4) is 0 Å². The summed E-state index contributed by atoms with van der Waals surface area (Å²) in [6, 6.07) is 5.78. The molecule has 12 heavy (non-hydrogen) atoms. The van der Waals surface area contributed by atoms with Crippen LogP contribution in [-0.2, 0) is 2.69 Å². The van der Waals surface area contributed by atoms with E-state index in [2.05, 4.69) is 0 Å². The average Bonchev–Trinajstić information content (AvgIpc) is 2.03. The van der Waals surface area contributed by atoms with Crippen LogP contribution in [0.15, 0.2) is 18.2 Å². The van der Waals surface area contributed by atoms with Gasteiger partial charge in [-0.1, -0.05) is 0 Å². The van der Waals surface area contributed by atoms with Crippen molar-refractivity contribution in [2.24, 2.45) is 0 Å². The molecule has 0 bridgehead atoms. The standard InChI is InChI=1S/C9H10O2.Tl/c1-6-4-3-5-7(2)8(6)9(10)11;/h3-5H,1-2H3,(H,10,11);/q;+1/p-1. The Morgan fingerprint density at radius 2 is 1.83 bits per heavy atom. The molecule has 0 N–H and O–H groups in total. The van der Waals surface area contributed by atoms with E-state index in [1.54, 1.807) is 0 Å². The zero-order chi connectivity index (χ0) is 9.14. The molecule has 2 nitrogen and oxygen atoms in total. The fraction of sp³-hybridized carbons (Fsp3) is 0.222. The van der Waals surface area contributed by atoms with E-state index in [9.17, 15) is 4.79 Å². The Bertz CT molecular complexity index is 287. The normalized spacial score (nSPS) is 9.42. The molecule has 0 fully saturated rings. The number of benzene rings is 1. The van der Waals surface area contributed by atoms with Gasteiger partial charge < -0.3 is 0 Å². The van der Waals surface area contributed by atoms with Gasteiger partial charge in [0.05, 0.1) is 0 Å². The van der Waals surface area contributed by atoms with Crippen LogP contribution < -0.4 is 0 Å². The van der Waals surface area contributed by atoms with Crippen LogP contribution in [0.25, 0.3) is 0 Å². The molecule has 3 heteroatoms. The topological polar surface area (TPSA) is 26.3 Å². The predicted molar refractivity (Wildman–Crippen MR) is 47.1 cm³/mol. The summed E-state index contributed by atoms with van der Waals surface area (Å²) in [5, 5.41) is 0. The Hall–Kier alpha value is -0.388. The SMILES string of the molecule is Cc1cccc(C)c1C(=O)[O][Tl]. The van der Waals surface area contributed by atoms with Gasteiger partial charge in [0, 0.05) is 0 Å². The van der Waals surface area contributed by atoms with Gasteiger partial charge >= 0.3 is 88.4 Å². The van der Waals surface area contributed by atoms with Crippen LogP contribution in [0.1, 0.15) is 21.5 Å². The molecule has 1 rings (SSSR count). The quantitative estimate of drug-likeness (QED) is 0.716. The second kappa shape index (κ2) is 4.02. The predicted octanol–water partition coefficient (Wildman–Crippen LogP) is 1.54. The Labute approximate surface area is 88.3 Å². The van der Waals surface area contributed by atoms with E-state index in [1.807, 2.05) is 32.0 Å². The van der Waals surface area contributed by atoms with Crippen LogP contribution in [0.4, 0.5) is 0 Å². The van der Waals surface area contributed by atoms with E-state index < -0.39 is 0 Å². The van der Waals surface area contributed by atoms with E-state index >= 15 is 0 Å². The summed E-state index contributed by atoms with van der Waals surface area (Å²) in [6.45, 7) is 3.84. The second-order valence-corrected chi connectivity index (χ2v) is 3.59. The first-order chi connectivity index (χ1) is 5.66. The van der Waals surface area contributed by atoms with Gasteiger partial charge in [0.1, 0.15) is 0 Å². The van der Waals surface area contributed by atoms with Crippen molar-refractivity contribution in [1.82, 2.24) is 0 Å². The molecule has 0 radical (unpaired) electrons. The molecular weight excluding hydrogens is 344 g/mol. The van der Waals surface area contributed by atoms with E-state index in [0.717, 1.165) is 16.7 Å². The van der Waals surface area contributed by atoms with E-state index in [4.69, 9.17) is 2.69 Å². The second-order valence-electron chi connectivity index (χ2n) is 2.67. The fourth-order valence-corrected chi connectivity index (χ4v) is 1.65. The van der Waals surface area contributed by atoms with Crippen molar-refractivity contribution in [3.05, 3.63) is 34.9 Å². The van der Waals surface area contributed by atoms with Gasteiger partial charge in [-0.15, -0.1) is 0 Å². The summed E-state index contributed by atoms with van der Waals surface area (Å²) in [4.78, 5) is 11.3. The Kier molecular flexibility index (Phi) is 3.25. The monoisotopic (exact) mass is 354 g/mol. The summed E-state index contributed by atoms with van der Waals surface area (Å²) >= 11 is 0.265. The fourth-order valence-electron chi connectivity index (χ4n) is 1.20. The van der Waals surface area contributed by atoms with Crippen molar-refractivity contribution in [2.75, 3.05) is 0 Å². The van der Waals surface area contributed by atoms with Crippen LogP contribution >= 0.6 is 0 Å². The molecule has 1 aromatic rings. The van der Waals surface area contributed by atoms with Crippen molar-refractivity contribution in [1.29, 1.82) is 0 Å². The van der Waals surface area contributed by atoms with Crippen LogP contribution in [0, 0.1) is 13.8 Å². The Balaban J connectivity index is 3.21. The summed E-state index contributed by atoms with van der Waals surface area (Å²) in [5.41, 5.74) is 2.70. The molecule has 0 heterocycles. The minimum absolute atomic E-state index is 0.185. The first-order valence-corrected chi connectivity index (χ1v) is 5.47. The van der Waals surface area contributed by atoms with Gasteiger partial charge in [-0.05, 0) is 0 Å². The first-order valence-electron chi connectivity index (χ1n) is 3.64. The molecule has 0 spiro atoms. The van der Waals surface area contributed by atoms with E-state index in [1.165, 1.54) is 0 Å². The third-order valence-electron chi connectivity index (χ3n) is 1.79. The van der Waals surface area contributed by atoms with Crippen molar-refractivity contribution < 1.29 is 7.48 Å². The summed E-state index contributed by atoms with van der Waals surface area (Å²) in [6.07, 6.45) is 0. The van der Waals surface area contributed by atoms with Gasteiger partial charge in [0.25, 0.3) is 0 Å². The maximum absolute atomic E-state index is 11.3. The number of aryl methyl sites for hydroxylation is 2. The van der Waals surface area contributed by atoms with Crippen LogP contribution in [-0.4, -0.2) is 32.2 Å². The third-order valence-corrected chi connectivity index (χ3v) is 2.62. The van der Waals surface area contributed by atoms with Crippen molar-refractivity contribution in [2.45, 2.75) is 13.8 Å². The van der Waals surface area contributed by atoms with Crippen molar-refractivity contribution >= 4 is 32.2 Å². The Morgan fingerprint density at radius 3 is 2.25 bits per heavy atom. The molecule has 0 saturated heterocycles. The number of carbonyl (C=O) groups is 1. The van der Waals surface area contributed by atoms with Crippen LogP contribution in [0.3, 0.4) is 0 Å². The van der Waals surface area contributed by atoms with Gasteiger partial charge in [-0.3, -0.25) is 0 Å². The Morgan fingerprint density at radius 1 is 1.33 bits per heavy atom. The summed E-state index contributed by atoms with van der Waals surface area (Å²) in [7, 11) is 0. The number of hydrogen-bond acceptors (Lipinski definition) is 2. The molecule has 0 saturated carbocycles. The molecule has 1 aromatic carbocycles. The summed E-state index contributed by atoms with van der Waals surface area (Å²) < 4.78 is 4.83. The van der Waals surface area contributed by atoms with E-state index in [-0.39, 0.29) is 32.2 Å². The molecule has 0 aliphatic carbocycles. The minimum atomic E-state index is -0.185. The molecule has 0 aliphatic heterocycles. The maximum atomic E-state index is 11.3. The molecular formula is C9H9O2Tl. The zero-order valence-corrected chi connectivity index (χ0v) is 11.6. The molecule has 0 unspecified atom stereocenters. The van der Waals surface area contributed by atoms with Gasteiger partial charge in [-0.25, -0.2) is 0 Å². The van der Waals surface area contributed by atoms with Crippen molar-refractivity contribution in [3.63, 3.8) is 0 Å². The number of rotatable bonds is 1. The summed E-state index contributed by atoms with van der Waals surface area (Å²) in [5.74, 6) is -0.185. The van der Waals surface area contributed by atoms with Crippen LogP contribution in [0.2, 0.25) is 0 Å². The number of hydrogen-bond donors (Lipinski definition) is 0.